The highest BCUT2D eigenvalue weighted by Crippen LogP contribution is 2.31. The summed E-state index contributed by atoms with van der Waals surface area (Å²) in [6, 6.07) is 27.2. The van der Waals surface area contributed by atoms with E-state index in [1.165, 1.54) is 16.0 Å². The van der Waals surface area contributed by atoms with Crippen molar-refractivity contribution in [2.75, 3.05) is 59.2 Å². The molecule has 1 aromatic heterocycles. The molecule has 2 saturated heterocycles. The van der Waals surface area contributed by atoms with Gasteiger partial charge in [0.05, 0.1) is 61.1 Å². The Hall–Kier alpha value is -4.99. The first-order valence-corrected chi connectivity index (χ1v) is 22.1. The molecule has 3 N–H and O–H groups in total. The second-order valence-corrected chi connectivity index (χ2v) is 17.7. The SMILES string of the molecule is Cc1ncsc1-c1ccc(CNC(=O)[C@@H]2C[C@@H](O)CN2C(=O)[C@@H](NC(=O)CCOCCOCCC(=O)N2CCN(C(c3ccccc3)c3ccccc3)CC2)C(C)(C)C)cc1. The van der Waals surface area contributed by atoms with E-state index in [2.05, 4.69) is 69.0 Å². The van der Waals surface area contributed by atoms with Crippen LogP contribution in [0.15, 0.2) is 90.4 Å². The number of hydrogen-bond donors (Lipinski definition) is 3. The highest BCUT2D eigenvalue weighted by Gasteiger charge is 2.44. The van der Waals surface area contributed by atoms with Crippen LogP contribution in [0.3, 0.4) is 0 Å². The fourth-order valence-electron chi connectivity index (χ4n) is 7.93. The smallest absolute Gasteiger partial charge is 0.246 e. The number of thiazole rings is 1. The number of aliphatic hydroxyl groups excluding tert-OH is 1. The van der Waals surface area contributed by atoms with Gasteiger partial charge in [0.1, 0.15) is 12.1 Å². The highest BCUT2D eigenvalue weighted by molar-refractivity contribution is 7.13. The van der Waals surface area contributed by atoms with Gasteiger partial charge >= 0.3 is 0 Å². The number of β-amino-alcohol motifs (C(OH)–C–C–N with tert-alkyl or cyclic N) is 1. The maximum Gasteiger partial charge on any atom is 0.246 e. The Balaban J connectivity index is 0.875. The van der Waals surface area contributed by atoms with Gasteiger partial charge in [-0.25, -0.2) is 4.98 Å². The first-order valence-electron chi connectivity index (χ1n) is 21.2. The normalized spacial score (nSPS) is 17.7. The van der Waals surface area contributed by atoms with Crippen molar-refractivity contribution >= 4 is 35.0 Å². The molecule has 2 aliphatic rings. The average molecular weight is 853 g/mol. The van der Waals surface area contributed by atoms with E-state index in [1.54, 1.807) is 11.3 Å². The number of nitrogens with zero attached hydrogens (tertiary/aromatic N) is 4. The molecule has 0 bridgehead atoms. The van der Waals surface area contributed by atoms with E-state index in [0.29, 0.717) is 13.1 Å². The number of carbonyl (C=O) groups excluding carboxylic acids is 4. The highest BCUT2D eigenvalue weighted by atomic mass is 32.1. The van der Waals surface area contributed by atoms with Gasteiger partial charge in [-0.05, 0) is 34.6 Å². The standard InChI is InChI=1S/C47H60N6O7S/c1-33-43(61-32-49-33)37-17-15-34(16-18-37)30-48-45(57)39-29-38(54)31-53(39)46(58)44(47(2,3)4)50-40(55)19-25-59-27-28-60-26-20-41(56)51-21-23-52(24-22-51)42(35-11-7-5-8-12-35)36-13-9-6-10-14-36/h5-18,32,38-39,42,44,54H,19-31H2,1-4H3,(H,48,57)(H,50,55)/t38-,39+,44-/m1/s1. The summed E-state index contributed by atoms with van der Waals surface area (Å²) in [5.41, 5.74) is 6.54. The van der Waals surface area contributed by atoms with Crippen LogP contribution in [0.4, 0.5) is 0 Å². The minimum absolute atomic E-state index is 0.00244. The van der Waals surface area contributed by atoms with Crippen molar-refractivity contribution < 1.29 is 33.8 Å². The number of carbonyl (C=O) groups is 4. The van der Waals surface area contributed by atoms with E-state index >= 15 is 0 Å². The maximum absolute atomic E-state index is 14.0. The summed E-state index contributed by atoms with van der Waals surface area (Å²) < 4.78 is 11.3. The zero-order chi connectivity index (χ0) is 43.4. The third-order valence-electron chi connectivity index (χ3n) is 11.3. The van der Waals surface area contributed by atoms with E-state index < -0.39 is 29.5 Å². The average Bonchev–Trinajstić information content (AvgIpc) is 3.88. The Labute approximate surface area is 363 Å². The molecule has 0 saturated carbocycles. The van der Waals surface area contributed by atoms with Gasteiger partial charge in [0.25, 0.3) is 0 Å². The molecule has 4 amide bonds. The maximum atomic E-state index is 14.0. The molecule has 3 atom stereocenters. The van der Waals surface area contributed by atoms with Crippen LogP contribution < -0.4 is 10.6 Å². The summed E-state index contributed by atoms with van der Waals surface area (Å²) >= 11 is 1.58. The molecule has 6 rings (SSSR count). The molecule has 61 heavy (non-hydrogen) atoms. The van der Waals surface area contributed by atoms with Crippen LogP contribution in [-0.2, 0) is 35.2 Å². The lowest BCUT2D eigenvalue weighted by atomic mass is 9.85. The summed E-state index contributed by atoms with van der Waals surface area (Å²) in [5, 5.41) is 16.3. The monoisotopic (exact) mass is 852 g/mol. The first-order chi connectivity index (χ1) is 29.4. The predicted molar refractivity (Wildman–Crippen MR) is 235 cm³/mol. The van der Waals surface area contributed by atoms with E-state index in [9.17, 15) is 24.3 Å². The number of piperazine rings is 1. The van der Waals surface area contributed by atoms with Crippen molar-refractivity contribution in [2.24, 2.45) is 5.41 Å². The molecular weight excluding hydrogens is 793 g/mol. The summed E-state index contributed by atoms with van der Waals surface area (Å²) in [6.45, 7) is 11.6. The minimum atomic E-state index is -0.929. The lowest BCUT2D eigenvalue weighted by Gasteiger charge is -2.39. The van der Waals surface area contributed by atoms with E-state index in [4.69, 9.17) is 9.47 Å². The van der Waals surface area contributed by atoms with Crippen LogP contribution in [0.25, 0.3) is 10.4 Å². The number of likely N-dealkylation sites (tertiary alicyclic amines) is 1. The Morgan fingerprint density at radius 1 is 0.836 bits per heavy atom. The zero-order valence-electron chi connectivity index (χ0n) is 35.8. The number of ether oxygens (including phenoxy) is 2. The van der Waals surface area contributed by atoms with Crippen LogP contribution in [-0.4, -0.2) is 126 Å². The molecule has 0 unspecified atom stereocenters. The molecule has 3 heterocycles. The molecule has 0 aliphatic carbocycles. The molecule has 0 radical (unpaired) electrons. The number of benzene rings is 3. The van der Waals surface area contributed by atoms with E-state index in [1.807, 2.05) is 74.5 Å². The third-order valence-corrected chi connectivity index (χ3v) is 12.3. The number of aliphatic hydroxyl groups is 1. The lowest BCUT2D eigenvalue weighted by molar-refractivity contribution is -0.144. The van der Waals surface area contributed by atoms with Crippen LogP contribution in [0, 0.1) is 12.3 Å². The second kappa shape index (κ2) is 21.7. The Morgan fingerprint density at radius 2 is 1.44 bits per heavy atom. The van der Waals surface area contributed by atoms with Crippen molar-refractivity contribution in [3.8, 4) is 10.4 Å². The molecule has 326 valence electrons. The predicted octanol–water partition coefficient (Wildman–Crippen LogP) is 4.97. The van der Waals surface area contributed by atoms with Crippen molar-refractivity contribution in [3.63, 3.8) is 0 Å². The quantitative estimate of drug-likeness (QED) is 0.118. The largest absolute Gasteiger partial charge is 0.391 e. The summed E-state index contributed by atoms with van der Waals surface area (Å²) in [6.07, 6.45) is -0.448. The van der Waals surface area contributed by atoms with Gasteiger partial charge in [-0.15, -0.1) is 11.3 Å². The van der Waals surface area contributed by atoms with Crippen LogP contribution in [0.1, 0.15) is 68.5 Å². The summed E-state index contributed by atoms with van der Waals surface area (Å²) in [4.78, 5) is 64.6. The first kappa shape index (κ1) is 45.5. The molecule has 2 fully saturated rings. The van der Waals surface area contributed by atoms with Crippen LogP contribution >= 0.6 is 11.3 Å². The number of amides is 4. The Morgan fingerprint density at radius 3 is 2.02 bits per heavy atom. The van der Waals surface area contributed by atoms with Gasteiger partial charge in [0.2, 0.25) is 23.6 Å². The van der Waals surface area contributed by atoms with Gasteiger partial charge < -0.3 is 35.0 Å². The zero-order valence-corrected chi connectivity index (χ0v) is 36.6. The summed E-state index contributed by atoms with van der Waals surface area (Å²) in [7, 11) is 0. The molecule has 14 heteroatoms. The summed E-state index contributed by atoms with van der Waals surface area (Å²) in [5.74, 6) is -1.08. The fourth-order valence-corrected chi connectivity index (χ4v) is 8.74. The minimum Gasteiger partial charge on any atom is -0.391 e. The number of hydrogen-bond acceptors (Lipinski definition) is 10. The molecular formula is C47H60N6O7S. The van der Waals surface area contributed by atoms with Gasteiger partial charge in [-0.2, -0.15) is 0 Å². The van der Waals surface area contributed by atoms with Gasteiger partial charge in [0, 0.05) is 52.1 Å². The molecule has 0 spiro atoms. The number of rotatable bonds is 18. The number of aromatic nitrogens is 1. The third kappa shape index (κ3) is 12.5. The molecule has 3 aromatic carbocycles. The van der Waals surface area contributed by atoms with Crippen LogP contribution in [0.2, 0.25) is 0 Å². The number of nitrogens with one attached hydrogen (secondary N) is 2. The van der Waals surface area contributed by atoms with Crippen molar-refractivity contribution in [2.45, 2.75) is 77.7 Å². The van der Waals surface area contributed by atoms with Gasteiger partial charge in [-0.1, -0.05) is 106 Å². The van der Waals surface area contributed by atoms with Gasteiger partial charge in [-0.3, -0.25) is 24.1 Å². The second-order valence-electron chi connectivity index (χ2n) is 16.8. The Kier molecular flexibility index (Phi) is 16.2. The molecule has 2 aliphatic heterocycles. The van der Waals surface area contributed by atoms with Gasteiger partial charge in [0.15, 0.2) is 0 Å². The fraction of sp³-hybridized carbons (Fsp3) is 0.468. The van der Waals surface area contributed by atoms with Crippen molar-refractivity contribution in [1.82, 2.24) is 30.3 Å². The number of aryl methyl sites for hydroxylation is 1. The Bertz CT molecular complexity index is 1990. The lowest BCUT2D eigenvalue weighted by Crippen LogP contribution is -2.57. The molecule has 13 nitrogen and oxygen atoms in total. The van der Waals surface area contributed by atoms with E-state index in [-0.39, 0.29) is 82.5 Å². The van der Waals surface area contributed by atoms with Crippen molar-refractivity contribution in [3.05, 3.63) is 113 Å². The molecule has 4 aromatic rings. The van der Waals surface area contributed by atoms with Crippen molar-refractivity contribution in [1.29, 1.82) is 0 Å². The topological polar surface area (TPSA) is 154 Å². The van der Waals surface area contributed by atoms with Crippen LogP contribution in [0.5, 0.6) is 0 Å². The van der Waals surface area contributed by atoms with E-state index in [0.717, 1.165) is 34.8 Å².